The van der Waals surface area contributed by atoms with Gasteiger partial charge in [-0.3, -0.25) is 9.59 Å². The molecule has 2 aromatic heterocycles. The van der Waals surface area contributed by atoms with Crippen LogP contribution in [0.3, 0.4) is 0 Å². The van der Waals surface area contributed by atoms with E-state index in [0.717, 1.165) is 29.9 Å². The summed E-state index contributed by atoms with van der Waals surface area (Å²) in [5.74, 6) is 0.280. The lowest BCUT2D eigenvalue weighted by Crippen LogP contribution is -2.53. The van der Waals surface area contributed by atoms with Crippen molar-refractivity contribution in [3.05, 3.63) is 71.7 Å². The molecule has 1 aromatic carbocycles. The summed E-state index contributed by atoms with van der Waals surface area (Å²) < 4.78 is 1.83. The summed E-state index contributed by atoms with van der Waals surface area (Å²) in [6.45, 7) is 4.60. The molecule has 3 atom stereocenters. The molecule has 3 aromatic rings. The molecule has 4 rings (SSSR count). The number of amides is 2. The Hall–Kier alpha value is -3.14. The number of anilines is 1. The number of nitrogens with one attached hydrogen (secondary N) is 3. The fourth-order valence-electron chi connectivity index (χ4n) is 4.27. The topological polar surface area (TPSA) is 127 Å². The van der Waals surface area contributed by atoms with Crippen LogP contribution in [0.1, 0.15) is 42.5 Å². The molecule has 9 nitrogen and oxygen atoms in total. The fourth-order valence-corrected chi connectivity index (χ4v) is 4.27. The van der Waals surface area contributed by atoms with Gasteiger partial charge >= 0.3 is 0 Å². The molecule has 36 heavy (non-hydrogen) atoms. The van der Waals surface area contributed by atoms with Gasteiger partial charge in [-0.15, -0.1) is 24.8 Å². The summed E-state index contributed by atoms with van der Waals surface area (Å²) in [5, 5.41) is 13.3. The van der Waals surface area contributed by atoms with Gasteiger partial charge in [-0.25, -0.2) is 9.67 Å². The molecule has 1 fully saturated rings. The second-order valence-electron chi connectivity index (χ2n) is 8.70. The summed E-state index contributed by atoms with van der Waals surface area (Å²) in [5.41, 5.74) is 9.52. The maximum Gasteiger partial charge on any atom is 0.242 e. The molecular formula is C25H33Cl2N7O2. The SMILES string of the molecule is Cc1nc(N)ccc1CNC(=O)[C@H](C)NC(=O)[C@H]1C[C@@H](c2cccc(-n3cccn3)c2)CCN1.Cl.Cl. The predicted molar refractivity (Wildman–Crippen MR) is 145 cm³/mol. The molecule has 0 unspecified atom stereocenters. The van der Waals surface area contributed by atoms with Crippen LogP contribution in [0.2, 0.25) is 0 Å². The van der Waals surface area contributed by atoms with Gasteiger partial charge in [0.2, 0.25) is 11.8 Å². The number of hydrogen-bond donors (Lipinski definition) is 4. The van der Waals surface area contributed by atoms with Crippen LogP contribution in [0.15, 0.2) is 54.9 Å². The van der Waals surface area contributed by atoms with Crippen molar-refractivity contribution >= 4 is 42.4 Å². The highest BCUT2D eigenvalue weighted by atomic mass is 35.5. The molecule has 5 N–H and O–H groups in total. The Morgan fingerprint density at radius 1 is 1.22 bits per heavy atom. The Kier molecular flexibility index (Phi) is 10.7. The molecule has 3 heterocycles. The third kappa shape index (κ3) is 7.19. The highest BCUT2D eigenvalue weighted by Crippen LogP contribution is 2.29. The smallest absolute Gasteiger partial charge is 0.242 e. The second-order valence-corrected chi connectivity index (χ2v) is 8.70. The molecule has 0 spiro atoms. The Bertz CT molecular complexity index is 1160. The Morgan fingerprint density at radius 2 is 2.03 bits per heavy atom. The normalized spacial score (nSPS) is 17.7. The van der Waals surface area contributed by atoms with E-state index in [-0.39, 0.29) is 48.6 Å². The van der Waals surface area contributed by atoms with Gasteiger partial charge in [0.1, 0.15) is 11.9 Å². The number of hydrogen-bond acceptors (Lipinski definition) is 6. The standard InChI is InChI=1S/C25H31N7O2.2ClH/c1-16-20(7-8-23(26)30-16)15-28-24(33)17(2)31-25(34)22-14-19(9-11-27-22)18-5-3-6-21(13-18)32-12-4-10-29-32;;/h3-8,10,12-13,17,19,22,27H,9,11,14-15H2,1-2H3,(H2,26,30)(H,28,33)(H,31,34);2*1H/t17-,19-,22+;;/m0../s1. The van der Waals surface area contributed by atoms with Crippen LogP contribution in [0.5, 0.6) is 0 Å². The van der Waals surface area contributed by atoms with Gasteiger partial charge in [0, 0.05) is 24.6 Å². The average Bonchev–Trinajstić information content (AvgIpc) is 3.38. The number of nitrogens with zero attached hydrogens (tertiary/aromatic N) is 3. The molecular weight excluding hydrogens is 501 g/mol. The van der Waals surface area contributed by atoms with Crippen molar-refractivity contribution in [3.8, 4) is 5.69 Å². The zero-order valence-electron chi connectivity index (χ0n) is 20.3. The van der Waals surface area contributed by atoms with E-state index in [2.05, 4.69) is 38.2 Å². The molecule has 1 saturated heterocycles. The number of benzene rings is 1. The zero-order chi connectivity index (χ0) is 24.1. The maximum absolute atomic E-state index is 12.9. The van der Waals surface area contributed by atoms with Crippen molar-refractivity contribution in [1.29, 1.82) is 0 Å². The predicted octanol–water partition coefficient (Wildman–Crippen LogP) is 2.66. The molecule has 11 heteroatoms. The summed E-state index contributed by atoms with van der Waals surface area (Å²) in [6, 6.07) is 12.7. The number of rotatable bonds is 7. The summed E-state index contributed by atoms with van der Waals surface area (Å²) in [4.78, 5) is 29.7. The summed E-state index contributed by atoms with van der Waals surface area (Å²) in [6.07, 6.45) is 5.27. The number of nitrogens with two attached hydrogens (primary N) is 1. The molecule has 0 aliphatic carbocycles. The number of aryl methyl sites for hydroxylation is 1. The number of aromatic nitrogens is 3. The summed E-state index contributed by atoms with van der Waals surface area (Å²) in [7, 11) is 0. The molecule has 1 aliphatic rings. The molecule has 0 bridgehead atoms. The van der Waals surface area contributed by atoms with Crippen molar-refractivity contribution in [2.45, 2.75) is 51.2 Å². The highest BCUT2D eigenvalue weighted by Gasteiger charge is 2.29. The lowest BCUT2D eigenvalue weighted by Gasteiger charge is -2.30. The minimum Gasteiger partial charge on any atom is -0.384 e. The van der Waals surface area contributed by atoms with E-state index in [9.17, 15) is 9.59 Å². The Labute approximate surface area is 223 Å². The lowest BCUT2D eigenvalue weighted by atomic mass is 9.86. The first-order valence-corrected chi connectivity index (χ1v) is 11.5. The van der Waals surface area contributed by atoms with Crippen molar-refractivity contribution in [1.82, 2.24) is 30.7 Å². The van der Waals surface area contributed by atoms with Crippen molar-refractivity contribution < 1.29 is 9.59 Å². The minimum atomic E-state index is -0.653. The number of carbonyl (C=O) groups is 2. The molecule has 0 radical (unpaired) electrons. The van der Waals surface area contributed by atoms with Gasteiger partial charge < -0.3 is 21.7 Å². The summed E-state index contributed by atoms with van der Waals surface area (Å²) >= 11 is 0. The second kappa shape index (κ2) is 13.2. The van der Waals surface area contributed by atoms with Gasteiger partial charge in [0.05, 0.1) is 11.7 Å². The van der Waals surface area contributed by atoms with Gasteiger partial charge in [0.25, 0.3) is 0 Å². The van der Waals surface area contributed by atoms with Gasteiger partial charge in [-0.2, -0.15) is 5.10 Å². The van der Waals surface area contributed by atoms with E-state index in [1.165, 1.54) is 5.56 Å². The van der Waals surface area contributed by atoms with E-state index in [4.69, 9.17) is 5.73 Å². The fraction of sp³-hybridized carbons (Fsp3) is 0.360. The van der Waals surface area contributed by atoms with E-state index in [1.807, 2.05) is 42.1 Å². The first-order chi connectivity index (χ1) is 16.4. The van der Waals surface area contributed by atoms with Crippen molar-refractivity contribution in [3.63, 3.8) is 0 Å². The van der Waals surface area contributed by atoms with Crippen LogP contribution in [0, 0.1) is 6.92 Å². The van der Waals surface area contributed by atoms with E-state index >= 15 is 0 Å². The zero-order valence-corrected chi connectivity index (χ0v) is 21.9. The average molecular weight is 534 g/mol. The Balaban J connectivity index is 0.00000228. The number of carbonyl (C=O) groups excluding carboxylic acids is 2. The first-order valence-electron chi connectivity index (χ1n) is 11.5. The van der Waals surface area contributed by atoms with Gasteiger partial charge in [-0.1, -0.05) is 18.2 Å². The van der Waals surface area contributed by atoms with Crippen LogP contribution in [-0.2, 0) is 16.1 Å². The number of piperidine rings is 1. The van der Waals surface area contributed by atoms with E-state index < -0.39 is 6.04 Å². The Morgan fingerprint density at radius 3 is 2.75 bits per heavy atom. The molecule has 1 aliphatic heterocycles. The highest BCUT2D eigenvalue weighted by molar-refractivity contribution is 5.89. The van der Waals surface area contributed by atoms with Crippen LogP contribution in [-0.4, -0.2) is 45.2 Å². The number of nitrogen functional groups attached to an aromatic ring is 1. The van der Waals surface area contributed by atoms with Crippen LogP contribution >= 0.6 is 24.8 Å². The van der Waals surface area contributed by atoms with Crippen LogP contribution in [0.25, 0.3) is 5.69 Å². The third-order valence-corrected chi connectivity index (χ3v) is 6.25. The largest absolute Gasteiger partial charge is 0.384 e. The third-order valence-electron chi connectivity index (χ3n) is 6.25. The van der Waals surface area contributed by atoms with Crippen LogP contribution < -0.4 is 21.7 Å². The molecule has 194 valence electrons. The van der Waals surface area contributed by atoms with E-state index in [0.29, 0.717) is 18.8 Å². The molecule has 0 saturated carbocycles. The van der Waals surface area contributed by atoms with Gasteiger partial charge in [-0.05, 0) is 74.5 Å². The number of pyridine rings is 1. The minimum absolute atomic E-state index is 0. The molecule has 2 amide bonds. The van der Waals surface area contributed by atoms with E-state index in [1.54, 1.807) is 19.2 Å². The maximum atomic E-state index is 12.9. The van der Waals surface area contributed by atoms with Crippen molar-refractivity contribution in [2.75, 3.05) is 12.3 Å². The van der Waals surface area contributed by atoms with Crippen LogP contribution in [0.4, 0.5) is 5.82 Å². The first kappa shape index (κ1) is 29.1. The lowest BCUT2D eigenvalue weighted by molar-refractivity contribution is -0.130. The number of halogens is 2. The monoisotopic (exact) mass is 533 g/mol. The quantitative estimate of drug-likeness (QED) is 0.369. The van der Waals surface area contributed by atoms with Crippen molar-refractivity contribution in [2.24, 2.45) is 0 Å². The van der Waals surface area contributed by atoms with Gasteiger partial charge in [0.15, 0.2) is 0 Å².